The lowest BCUT2D eigenvalue weighted by molar-refractivity contribution is -0.0621. The molecular weight excluding hydrogens is 312 g/mol. The van der Waals surface area contributed by atoms with Crippen molar-refractivity contribution in [2.45, 2.75) is 32.5 Å². The summed E-state index contributed by atoms with van der Waals surface area (Å²) in [5, 5.41) is 0.845. The number of methoxy groups -OCH3 is 1. The molecule has 1 heterocycles. The third kappa shape index (κ3) is 2.73. The number of ether oxygens (including phenoxy) is 2. The molecule has 0 saturated heterocycles. The summed E-state index contributed by atoms with van der Waals surface area (Å²) < 4.78 is 36.7. The first kappa shape index (κ1) is 16.7. The van der Waals surface area contributed by atoms with E-state index >= 15 is 0 Å². The molecule has 24 heavy (non-hydrogen) atoms. The van der Waals surface area contributed by atoms with Gasteiger partial charge in [0.05, 0.1) is 0 Å². The Labute approximate surface area is 140 Å². The Kier molecular flexibility index (Phi) is 4.45. The molecule has 1 aliphatic carbocycles. The van der Waals surface area contributed by atoms with E-state index < -0.39 is 12.2 Å². The van der Waals surface area contributed by atoms with Crippen LogP contribution in [0.4, 0.5) is 8.78 Å². The molecule has 2 unspecified atom stereocenters. The van der Waals surface area contributed by atoms with Crippen LogP contribution in [0, 0.1) is 12.8 Å². The van der Waals surface area contributed by atoms with Gasteiger partial charge in [0, 0.05) is 35.7 Å². The standard InChI is InChI=1S/C19H21F2NO2/c1-12-11-15(24-18(20)21)16(14-9-10-22-17(12)14)19(2,23-3)13-7-5-4-6-8-13/h4-7,9-11,13,18,22H,8H2,1-3H3. The highest BCUT2D eigenvalue weighted by Crippen LogP contribution is 2.46. The minimum Gasteiger partial charge on any atom is -0.434 e. The van der Waals surface area contributed by atoms with E-state index in [0.29, 0.717) is 5.56 Å². The van der Waals surface area contributed by atoms with Crippen LogP contribution in [0.3, 0.4) is 0 Å². The molecule has 0 fully saturated rings. The van der Waals surface area contributed by atoms with Crippen molar-refractivity contribution in [2.24, 2.45) is 5.92 Å². The molecule has 2 aromatic rings. The number of aryl methyl sites for hydroxylation is 1. The van der Waals surface area contributed by atoms with Crippen molar-refractivity contribution in [2.75, 3.05) is 7.11 Å². The molecule has 1 aromatic carbocycles. The monoisotopic (exact) mass is 333 g/mol. The molecule has 1 N–H and O–H groups in total. The third-order valence-electron chi connectivity index (χ3n) is 4.83. The Balaban J connectivity index is 2.24. The van der Waals surface area contributed by atoms with E-state index in [-0.39, 0.29) is 11.7 Å². The zero-order chi connectivity index (χ0) is 17.3. The lowest BCUT2D eigenvalue weighted by Gasteiger charge is -2.37. The number of allylic oxidation sites excluding steroid dienone is 3. The normalized spacial score (nSPS) is 19.8. The zero-order valence-corrected chi connectivity index (χ0v) is 14.0. The van der Waals surface area contributed by atoms with Crippen LogP contribution in [0.2, 0.25) is 0 Å². The second-order valence-electron chi connectivity index (χ2n) is 6.18. The van der Waals surface area contributed by atoms with Crippen LogP contribution < -0.4 is 4.74 Å². The van der Waals surface area contributed by atoms with Crippen LogP contribution in [-0.4, -0.2) is 18.7 Å². The first-order valence-electron chi connectivity index (χ1n) is 7.92. The van der Waals surface area contributed by atoms with Crippen molar-refractivity contribution in [1.82, 2.24) is 4.98 Å². The summed E-state index contributed by atoms with van der Waals surface area (Å²) >= 11 is 0. The van der Waals surface area contributed by atoms with Crippen LogP contribution in [0.1, 0.15) is 24.5 Å². The molecule has 1 aliphatic rings. The maximum atomic E-state index is 13.0. The maximum Gasteiger partial charge on any atom is 0.387 e. The van der Waals surface area contributed by atoms with Gasteiger partial charge in [-0.05, 0) is 38.0 Å². The second kappa shape index (κ2) is 6.40. The van der Waals surface area contributed by atoms with Gasteiger partial charge in [-0.25, -0.2) is 0 Å². The van der Waals surface area contributed by atoms with Crippen molar-refractivity contribution in [1.29, 1.82) is 0 Å². The van der Waals surface area contributed by atoms with Crippen molar-refractivity contribution in [3.05, 3.63) is 53.8 Å². The quantitative estimate of drug-likeness (QED) is 0.829. The smallest absolute Gasteiger partial charge is 0.387 e. The molecule has 0 bridgehead atoms. The van der Waals surface area contributed by atoms with Gasteiger partial charge in [0.1, 0.15) is 11.4 Å². The summed E-state index contributed by atoms with van der Waals surface area (Å²) in [4.78, 5) is 3.18. The largest absolute Gasteiger partial charge is 0.434 e. The summed E-state index contributed by atoms with van der Waals surface area (Å²) in [6.45, 7) is 0.910. The van der Waals surface area contributed by atoms with Gasteiger partial charge >= 0.3 is 6.61 Å². The minimum absolute atomic E-state index is 0.0216. The molecule has 0 saturated carbocycles. The molecule has 0 amide bonds. The molecule has 3 rings (SSSR count). The van der Waals surface area contributed by atoms with E-state index in [4.69, 9.17) is 9.47 Å². The van der Waals surface area contributed by atoms with Crippen LogP contribution in [0.5, 0.6) is 5.75 Å². The zero-order valence-electron chi connectivity index (χ0n) is 14.0. The number of H-pyrrole nitrogens is 1. The Hall–Kier alpha value is -2.14. The fourth-order valence-electron chi connectivity index (χ4n) is 3.51. The van der Waals surface area contributed by atoms with E-state index in [1.807, 2.05) is 38.1 Å². The molecule has 0 radical (unpaired) electrons. The highest BCUT2D eigenvalue weighted by Gasteiger charge is 2.39. The summed E-state index contributed by atoms with van der Waals surface area (Å²) in [6, 6.07) is 3.54. The maximum absolute atomic E-state index is 13.0. The number of aromatic nitrogens is 1. The first-order valence-corrected chi connectivity index (χ1v) is 7.92. The summed E-state index contributed by atoms with van der Waals surface area (Å²) in [7, 11) is 1.61. The van der Waals surface area contributed by atoms with Gasteiger partial charge in [0.2, 0.25) is 0 Å². The van der Waals surface area contributed by atoms with Gasteiger partial charge in [-0.2, -0.15) is 8.78 Å². The summed E-state index contributed by atoms with van der Waals surface area (Å²) in [5.41, 5.74) is 1.62. The number of hydrogen-bond acceptors (Lipinski definition) is 2. The highest BCUT2D eigenvalue weighted by molar-refractivity contribution is 5.89. The molecule has 2 atom stereocenters. The first-order chi connectivity index (χ1) is 11.5. The molecular formula is C19H21F2NO2. The van der Waals surface area contributed by atoms with E-state index in [9.17, 15) is 8.78 Å². The number of hydrogen-bond donors (Lipinski definition) is 1. The lowest BCUT2D eigenvalue weighted by Crippen LogP contribution is -2.34. The molecule has 0 spiro atoms. The predicted octanol–water partition coefficient (Wildman–Crippen LogP) is 5.07. The molecule has 3 nitrogen and oxygen atoms in total. The number of benzene rings is 1. The number of alkyl halides is 2. The average Bonchev–Trinajstić information content (AvgIpc) is 3.04. The van der Waals surface area contributed by atoms with E-state index in [1.54, 1.807) is 19.4 Å². The summed E-state index contributed by atoms with van der Waals surface area (Å²) in [5.74, 6) is 0.190. The van der Waals surface area contributed by atoms with Crippen molar-refractivity contribution >= 4 is 10.9 Å². The Morgan fingerprint density at radius 2 is 2.12 bits per heavy atom. The van der Waals surface area contributed by atoms with Gasteiger partial charge in [-0.15, -0.1) is 0 Å². The van der Waals surface area contributed by atoms with Crippen LogP contribution in [0.25, 0.3) is 10.9 Å². The third-order valence-corrected chi connectivity index (χ3v) is 4.83. The lowest BCUT2D eigenvalue weighted by atomic mass is 9.77. The van der Waals surface area contributed by atoms with Crippen LogP contribution in [-0.2, 0) is 10.3 Å². The Morgan fingerprint density at radius 1 is 1.33 bits per heavy atom. The molecule has 5 heteroatoms. The van der Waals surface area contributed by atoms with Gasteiger partial charge in [-0.1, -0.05) is 24.3 Å². The van der Waals surface area contributed by atoms with Crippen LogP contribution in [0.15, 0.2) is 42.6 Å². The molecule has 0 aliphatic heterocycles. The van der Waals surface area contributed by atoms with Gasteiger partial charge < -0.3 is 14.5 Å². The Morgan fingerprint density at radius 3 is 2.75 bits per heavy atom. The van der Waals surface area contributed by atoms with Crippen molar-refractivity contribution in [3.8, 4) is 5.75 Å². The SMILES string of the molecule is COC(C)(c1c(OC(F)F)cc(C)c2[nH]ccc12)C1C=CC=CC1. The molecule has 128 valence electrons. The average molecular weight is 333 g/mol. The highest BCUT2D eigenvalue weighted by atomic mass is 19.3. The van der Waals surface area contributed by atoms with E-state index in [2.05, 4.69) is 11.1 Å². The van der Waals surface area contributed by atoms with Gasteiger partial charge in [0.15, 0.2) is 0 Å². The minimum atomic E-state index is -2.89. The van der Waals surface area contributed by atoms with E-state index in [0.717, 1.165) is 22.9 Å². The van der Waals surface area contributed by atoms with Crippen molar-refractivity contribution in [3.63, 3.8) is 0 Å². The van der Waals surface area contributed by atoms with E-state index in [1.165, 1.54) is 0 Å². The number of nitrogens with one attached hydrogen (secondary N) is 1. The van der Waals surface area contributed by atoms with Crippen molar-refractivity contribution < 1.29 is 18.3 Å². The van der Waals surface area contributed by atoms with Crippen LogP contribution >= 0.6 is 0 Å². The second-order valence-corrected chi connectivity index (χ2v) is 6.18. The van der Waals surface area contributed by atoms with Gasteiger partial charge in [0.25, 0.3) is 0 Å². The number of fused-ring (bicyclic) bond motifs is 1. The number of halogens is 2. The molecule has 1 aromatic heterocycles. The fraction of sp³-hybridized carbons (Fsp3) is 0.368. The van der Waals surface area contributed by atoms with Gasteiger partial charge in [-0.3, -0.25) is 0 Å². The predicted molar refractivity (Wildman–Crippen MR) is 90.4 cm³/mol. The number of rotatable bonds is 5. The topological polar surface area (TPSA) is 34.2 Å². The summed E-state index contributed by atoms with van der Waals surface area (Å²) in [6.07, 6.45) is 10.6. The fourth-order valence-corrected chi connectivity index (χ4v) is 3.51. The Bertz CT molecular complexity index is 794. The number of aromatic amines is 1.